The second-order valence-corrected chi connectivity index (χ2v) is 9.23. The van der Waals surface area contributed by atoms with Gasteiger partial charge in [-0.3, -0.25) is 8.65 Å². The zero-order valence-corrected chi connectivity index (χ0v) is 21.1. The molecule has 33 heavy (non-hydrogen) atoms. The molecule has 5 aromatic rings. The molecule has 0 fully saturated rings. The lowest BCUT2D eigenvalue weighted by molar-refractivity contribution is 0.355. The van der Waals surface area contributed by atoms with Crippen LogP contribution in [0.5, 0.6) is 11.5 Å². The molecule has 0 spiro atoms. The summed E-state index contributed by atoms with van der Waals surface area (Å²) in [6, 6.07) is 18.4. The smallest absolute Gasteiger partial charge is 0.161 e. The molecule has 8 heteroatoms. The van der Waals surface area contributed by atoms with Gasteiger partial charge in [0.15, 0.2) is 17.1 Å². The monoisotopic (exact) mass is 568 g/mol. The lowest BCUT2D eigenvalue weighted by atomic mass is 10.0. The molecule has 2 aromatic carbocycles. The molecule has 0 bridgehead atoms. The Balaban J connectivity index is 1.56. The third-order valence-corrected chi connectivity index (χ3v) is 7.23. The number of benzene rings is 2. The predicted octanol–water partition coefficient (Wildman–Crippen LogP) is 6.48. The van der Waals surface area contributed by atoms with Crippen molar-refractivity contribution in [1.82, 2.24) is 18.7 Å². The first kappa shape index (κ1) is 21.8. The van der Waals surface area contributed by atoms with Gasteiger partial charge in [0.2, 0.25) is 0 Å². The van der Waals surface area contributed by atoms with Crippen LogP contribution < -0.4 is 9.47 Å². The largest absolute Gasteiger partial charge is 0.493 e. The van der Waals surface area contributed by atoms with E-state index in [0.717, 1.165) is 39.8 Å². The van der Waals surface area contributed by atoms with Gasteiger partial charge in [-0.05, 0) is 29.3 Å². The third-order valence-electron chi connectivity index (χ3n) is 5.53. The van der Waals surface area contributed by atoms with Gasteiger partial charge in [-0.1, -0.05) is 36.4 Å². The molecule has 0 aliphatic rings. The highest BCUT2D eigenvalue weighted by Crippen LogP contribution is 2.37. The number of rotatable bonds is 7. The Hall–Kier alpha value is -2.98. The summed E-state index contributed by atoms with van der Waals surface area (Å²) < 4.78 is 14.9. The van der Waals surface area contributed by atoms with Crippen molar-refractivity contribution in [2.75, 3.05) is 14.2 Å². The predicted molar refractivity (Wildman–Crippen MR) is 142 cm³/mol. The molecule has 0 aliphatic heterocycles. The molecular weight excluding hydrogens is 547 g/mol. The van der Waals surface area contributed by atoms with Crippen molar-refractivity contribution in [2.45, 2.75) is 6.54 Å². The summed E-state index contributed by atoms with van der Waals surface area (Å²) >= 11 is 2.28. The maximum absolute atomic E-state index is 5.49. The van der Waals surface area contributed by atoms with E-state index in [2.05, 4.69) is 60.9 Å². The van der Waals surface area contributed by atoms with Crippen LogP contribution in [0.4, 0.5) is 0 Å². The zero-order chi connectivity index (χ0) is 22.8. The molecular formula is C25H21IN4O2S. The number of fused-ring (bicyclic) bond motifs is 1. The summed E-state index contributed by atoms with van der Waals surface area (Å²) in [6.07, 6.45) is 8.03. The number of aromatic nitrogens is 4. The van der Waals surface area contributed by atoms with Crippen molar-refractivity contribution < 1.29 is 9.47 Å². The van der Waals surface area contributed by atoms with E-state index in [1.165, 1.54) is 5.56 Å². The average Bonchev–Trinajstić information content (AvgIpc) is 3.48. The maximum atomic E-state index is 5.49. The SMILES string of the molecule is COc1ccc(-c2cnc3c(c2)c(-c2cnn(Cc4ccccc4)c2)cn3SI)cc1OC. The van der Waals surface area contributed by atoms with E-state index in [1.807, 2.05) is 53.5 Å². The standard InChI is InChI=1S/C25H21IN4O2S/c1-31-23-9-8-18(11-24(23)32-2)19-10-21-22(16-30(33-26)25(21)27-12-19)20-13-28-29(15-20)14-17-6-4-3-5-7-17/h3-13,15-16H,14H2,1-2H3. The summed E-state index contributed by atoms with van der Waals surface area (Å²) in [4.78, 5) is 4.79. The van der Waals surface area contributed by atoms with E-state index in [4.69, 9.17) is 14.5 Å². The Morgan fingerprint density at radius 1 is 0.879 bits per heavy atom. The van der Waals surface area contributed by atoms with Gasteiger partial charge in [0.25, 0.3) is 0 Å². The van der Waals surface area contributed by atoms with Crippen molar-refractivity contribution in [3.8, 4) is 33.8 Å². The summed E-state index contributed by atoms with van der Waals surface area (Å²) in [6.45, 7) is 0.732. The number of ether oxygens (including phenoxy) is 2. The van der Waals surface area contributed by atoms with Crippen molar-refractivity contribution in [3.63, 3.8) is 0 Å². The van der Waals surface area contributed by atoms with Crippen molar-refractivity contribution >= 4 is 41.4 Å². The summed E-state index contributed by atoms with van der Waals surface area (Å²) in [5.41, 5.74) is 6.33. The number of nitrogens with zero attached hydrogens (tertiary/aromatic N) is 4. The van der Waals surface area contributed by atoms with Crippen molar-refractivity contribution in [2.24, 2.45) is 0 Å². The first-order valence-corrected chi connectivity index (χ1v) is 13.6. The molecule has 0 radical (unpaired) electrons. The van der Waals surface area contributed by atoms with Crippen molar-refractivity contribution in [3.05, 3.63) is 84.9 Å². The van der Waals surface area contributed by atoms with Gasteiger partial charge in [0.1, 0.15) is 0 Å². The highest BCUT2D eigenvalue weighted by atomic mass is 127. The fraction of sp³-hybridized carbons (Fsp3) is 0.120. The lowest BCUT2D eigenvalue weighted by Crippen LogP contribution is -1.99. The normalized spacial score (nSPS) is 11.1. The van der Waals surface area contributed by atoms with Crippen LogP contribution in [0, 0.1) is 0 Å². The van der Waals surface area contributed by atoms with E-state index in [1.54, 1.807) is 23.3 Å². The van der Waals surface area contributed by atoms with E-state index in [9.17, 15) is 0 Å². The molecule has 0 unspecified atom stereocenters. The number of methoxy groups -OCH3 is 2. The van der Waals surface area contributed by atoms with Crippen LogP contribution in [0.1, 0.15) is 5.56 Å². The molecule has 0 aliphatic carbocycles. The number of halogens is 1. The molecule has 166 valence electrons. The first-order valence-electron chi connectivity index (χ1n) is 10.3. The summed E-state index contributed by atoms with van der Waals surface area (Å²) in [5, 5.41) is 5.67. The van der Waals surface area contributed by atoms with Crippen LogP contribution in [0.3, 0.4) is 0 Å². The summed E-state index contributed by atoms with van der Waals surface area (Å²) in [7, 11) is 4.88. The highest BCUT2D eigenvalue weighted by Gasteiger charge is 2.15. The van der Waals surface area contributed by atoms with E-state index in [-0.39, 0.29) is 0 Å². The van der Waals surface area contributed by atoms with Gasteiger partial charge in [-0.2, -0.15) is 5.10 Å². The van der Waals surface area contributed by atoms with E-state index in [0.29, 0.717) is 11.5 Å². The number of pyridine rings is 1. The van der Waals surface area contributed by atoms with Gasteiger partial charge in [0, 0.05) is 71.0 Å². The number of hydrogen-bond donors (Lipinski definition) is 0. The molecule has 6 nitrogen and oxygen atoms in total. The van der Waals surface area contributed by atoms with Crippen molar-refractivity contribution in [1.29, 1.82) is 0 Å². The Morgan fingerprint density at radius 3 is 2.45 bits per heavy atom. The van der Waals surface area contributed by atoms with Crippen LogP contribution in [0.15, 0.2) is 79.4 Å². The van der Waals surface area contributed by atoms with Crippen LogP contribution >= 0.6 is 30.3 Å². The van der Waals surface area contributed by atoms with Crippen LogP contribution in [-0.4, -0.2) is 33.0 Å². The van der Waals surface area contributed by atoms with E-state index >= 15 is 0 Å². The van der Waals surface area contributed by atoms with E-state index < -0.39 is 0 Å². The van der Waals surface area contributed by atoms with Gasteiger partial charge < -0.3 is 9.47 Å². The Kier molecular flexibility index (Phi) is 6.28. The van der Waals surface area contributed by atoms with Gasteiger partial charge in [0.05, 0.1) is 27.0 Å². The fourth-order valence-corrected chi connectivity index (χ4v) is 5.15. The Bertz CT molecular complexity index is 1410. The van der Waals surface area contributed by atoms with Gasteiger partial charge >= 0.3 is 0 Å². The minimum atomic E-state index is 0.692. The molecule has 0 N–H and O–H groups in total. The van der Waals surface area contributed by atoms with Crippen LogP contribution in [0.2, 0.25) is 0 Å². The molecule has 0 saturated carbocycles. The zero-order valence-electron chi connectivity index (χ0n) is 18.1. The first-order chi connectivity index (χ1) is 16.2. The summed E-state index contributed by atoms with van der Waals surface area (Å²) in [5.74, 6) is 1.40. The molecule has 0 atom stereocenters. The number of hydrogen-bond acceptors (Lipinski definition) is 5. The molecule has 5 rings (SSSR count). The maximum Gasteiger partial charge on any atom is 0.161 e. The Labute approximate surface area is 208 Å². The molecule has 3 heterocycles. The molecule has 0 amide bonds. The Morgan fingerprint density at radius 2 is 1.70 bits per heavy atom. The third kappa shape index (κ3) is 4.32. The van der Waals surface area contributed by atoms with Crippen LogP contribution in [0.25, 0.3) is 33.3 Å². The highest BCUT2D eigenvalue weighted by molar-refractivity contribution is 14.2. The molecule has 0 saturated heterocycles. The van der Waals surface area contributed by atoms with Gasteiger partial charge in [-0.25, -0.2) is 4.98 Å². The molecule has 3 aromatic heterocycles. The van der Waals surface area contributed by atoms with Gasteiger partial charge in [-0.15, -0.1) is 0 Å². The lowest BCUT2D eigenvalue weighted by Gasteiger charge is -2.10. The second-order valence-electron chi connectivity index (χ2n) is 7.51. The minimum absolute atomic E-state index is 0.692. The average molecular weight is 568 g/mol. The topological polar surface area (TPSA) is 54.1 Å². The second kappa shape index (κ2) is 9.48. The fourth-order valence-electron chi connectivity index (χ4n) is 3.90. The quantitative estimate of drug-likeness (QED) is 0.211. The minimum Gasteiger partial charge on any atom is -0.493 e. The van der Waals surface area contributed by atoms with Crippen LogP contribution in [-0.2, 0) is 6.54 Å².